The summed E-state index contributed by atoms with van der Waals surface area (Å²) in [7, 11) is 0. The fourth-order valence-corrected chi connectivity index (χ4v) is 3.05. The highest BCUT2D eigenvalue weighted by Gasteiger charge is 2.19. The van der Waals surface area contributed by atoms with Crippen molar-refractivity contribution in [2.24, 2.45) is 0 Å². The van der Waals surface area contributed by atoms with E-state index in [1.165, 1.54) is 6.92 Å². The summed E-state index contributed by atoms with van der Waals surface area (Å²) >= 11 is 0. The summed E-state index contributed by atoms with van der Waals surface area (Å²) in [5, 5.41) is 8.36. The summed E-state index contributed by atoms with van der Waals surface area (Å²) in [6.45, 7) is 1.43. The average molecular weight is 366 g/mol. The van der Waals surface area contributed by atoms with Crippen molar-refractivity contribution in [2.75, 3.05) is 10.6 Å². The lowest BCUT2D eigenvalue weighted by Gasteiger charge is -2.12. The average Bonchev–Trinajstić information content (AvgIpc) is 3.16. The Morgan fingerprint density at radius 3 is 2.00 bits per heavy atom. The molecule has 0 bridgehead atoms. The fourth-order valence-electron chi connectivity index (χ4n) is 3.05. The number of hydrogen-bond acceptors (Lipinski definition) is 4. The molecule has 27 heavy (non-hydrogen) atoms. The number of aromatic nitrogens is 1. The van der Waals surface area contributed by atoms with Crippen LogP contribution < -0.4 is 16.0 Å². The van der Waals surface area contributed by atoms with E-state index in [-0.39, 0.29) is 29.2 Å². The number of carbonyl (C=O) groups excluding carboxylic acids is 3. The van der Waals surface area contributed by atoms with Crippen LogP contribution in [0.3, 0.4) is 0 Å². The van der Waals surface area contributed by atoms with E-state index in [0.717, 1.165) is 25.7 Å². The van der Waals surface area contributed by atoms with Crippen molar-refractivity contribution in [3.8, 4) is 0 Å². The molecule has 0 aliphatic heterocycles. The number of nitrogens with one attached hydrogen (secondary N) is 3. The number of amides is 3. The Bertz CT molecular complexity index is 843. The molecule has 0 unspecified atom stereocenters. The Kier molecular flexibility index (Phi) is 5.80. The van der Waals surface area contributed by atoms with E-state index in [1.54, 1.807) is 42.5 Å². The summed E-state index contributed by atoms with van der Waals surface area (Å²) in [5.74, 6) is -0.822. The van der Waals surface area contributed by atoms with Crippen molar-refractivity contribution >= 4 is 29.1 Å². The zero-order valence-electron chi connectivity index (χ0n) is 15.1. The monoisotopic (exact) mass is 366 g/mol. The van der Waals surface area contributed by atoms with Gasteiger partial charge in [0.15, 0.2) is 0 Å². The van der Waals surface area contributed by atoms with Crippen LogP contribution in [0.1, 0.15) is 53.6 Å². The van der Waals surface area contributed by atoms with Gasteiger partial charge in [-0.15, -0.1) is 0 Å². The van der Waals surface area contributed by atoms with Gasteiger partial charge in [0.2, 0.25) is 5.91 Å². The van der Waals surface area contributed by atoms with Gasteiger partial charge in [-0.2, -0.15) is 0 Å². The van der Waals surface area contributed by atoms with Crippen LogP contribution in [0.15, 0.2) is 42.5 Å². The summed E-state index contributed by atoms with van der Waals surface area (Å²) in [5.41, 5.74) is 1.61. The molecule has 3 amide bonds. The molecule has 1 aromatic carbocycles. The van der Waals surface area contributed by atoms with Crippen LogP contribution in [0.2, 0.25) is 0 Å². The molecule has 140 valence electrons. The van der Waals surface area contributed by atoms with Crippen molar-refractivity contribution < 1.29 is 14.4 Å². The summed E-state index contributed by atoms with van der Waals surface area (Å²) in [6, 6.07) is 11.7. The Hall–Kier alpha value is -3.22. The van der Waals surface area contributed by atoms with Crippen molar-refractivity contribution in [3.05, 3.63) is 53.9 Å². The van der Waals surface area contributed by atoms with E-state index >= 15 is 0 Å². The number of pyridine rings is 1. The summed E-state index contributed by atoms with van der Waals surface area (Å²) in [6.07, 6.45) is 4.23. The van der Waals surface area contributed by atoms with Crippen LogP contribution in [0.25, 0.3) is 0 Å². The second-order valence-electron chi connectivity index (χ2n) is 6.58. The maximum atomic E-state index is 12.4. The third-order valence-electron chi connectivity index (χ3n) is 4.37. The molecule has 7 nitrogen and oxygen atoms in total. The molecule has 0 atom stereocenters. The highest BCUT2D eigenvalue weighted by atomic mass is 16.2. The molecule has 0 spiro atoms. The Morgan fingerprint density at radius 1 is 0.852 bits per heavy atom. The minimum atomic E-state index is -0.405. The topological polar surface area (TPSA) is 100 Å². The largest absolute Gasteiger partial charge is 0.348 e. The highest BCUT2D eigenvalue weighted by Crippen LogP contribution is 2.18. The molecule has 3 rings (SSSR count). The number of anilines is 2. The van der Waals surface area contributed by atoms with E-state index in [0.29, 0.717) is 11.4 Å². The van der Waals surface area contributed by atoms with Crippen LogP contribution in [-0.2, 0) is 4.79 Å². The Morgan fingerprint density at radius 2 is 1.41 bits per heavy atom. The third kappa shape index (κ3) is 5.13. The summed E-state index contributed by atoms with van der Waals surface area (Å²) in [4.78, 5) is 40.0. The van der Waals surface area contributed by atoms with Gasteiger partial charge >= 0.3 is 0 Å². The molecule has 1 saturated carbocycles. The zero-order valence-corrected chi connectivity index (χ0v) is 15.1. The first kappa shape index (κ1) is 18.6. The van der Waals surface area contributed by atoms with Crippen LogP contribution >= 0.6 is 0 Å². The fraction of sp³-hybridized carbons (Fsp3) is 0.300. The van der Waals surface area contributed by atoms with Crippen LogP contribution in [0.5, 0.6) is 0 Å². The van der Waals surface area contributed by atoms with Crippen molar-refractivity contribution in [3.63, 3.8) is 0 Å². The molecule has 1 aliphatic carbocycles. The van der Waals surface area contributed by atoms with Gasteiger partial charge in [-0.05, 0) is 49.2 Å². The van der Waals surface area contributed by atoms with E-state index in [9.17, 15) is 14.4 Å². The normalized spacial score (nSPS) is 13.8. The van der Waals surface area contributed by atoms with Gasteiger partial charge in [-0.3, -0.25) is 14.4 Å². The van der Waals surface area contributed by atoms with Gasteiger partial charge in [0.1, 0.15) is 11.4 Å². The third-order valence-corrected chi connectivity index (χ3v) is 4.37. The van der Waals surface area contributed by atoms with Gasteiger partial charge in [0.05, 0.1) is 0 Å². The van der Waals surface area contributed by atoms with Crippen molar-refractivity contribution in [1.82, 2.24) is 10.3 Å². The predicted octanol–water partition coefficient (Wildman–Crippen LogP) is 2.96. The number of rotatable bonds is 5. The number of benzene rings is 1. The van der Waals surface area contributed by atoms with Gasteiger partial charge in [0.25, 0.3) is 11.8 Å². The number of carbonyl (C=O) groups is 3. The van der Waals surface area contributed by atoms with E-state index in [1.807, 2.05) is 0 Å². The second kappa shape index (κ2) is 8.44. The molecule has 3 N–H and O–H groups in total. The van der Waals surface area contributed by atoms with Gasteiger partial charge in [0, 0.05) is 24.3 Å². The SMILES string of the molecule is CC(=O)Nc1ccc(NC(=O)c2cccc(C(=O)NC3CCCC3)n2)cc1. The number of hydrogen-bond donors (Lipinski definition) is 3. The smallest absolute Gasteiger partial charge is 0.274 e. The van der Waals surface area contributed by atoms with E-state index in [2.05, 4.69) is 20.9 Å². The molecule has 1 aliphatic rings. The molecule has 1 aromatic heterocycles. The molecule has 0 saturated heterocycles. The van der Waals surface area contributed by atoms with Gasteiger partial charge in [-0.25, -0.2) is 4.98 Å². The molecular weight excluding hydrogens is 344 g/mol. The number of nitrogens with zero attached hydrogens (tertiary/aromatic N) is 1. The lowest BCUT2D eigenvalue weighted by atomic mass is 10.2. The maximum Gasteiger partial charge on any atom is 0.274 e. The minimum absolute atomic E-state index is 0.163. The molecule has 0 radical (unpaired) electrons. The summed E-state index contributed by atoms with van der Waals surface area (Å²) < 4.78 is 0. The zero-order chi connectivity index (χ0) is 19.2. The predicted molar refractivity (Wildman–Crippen MR) is 103 cm³/mol. The van der Waals surface area contributed by atoms with Crippen LogP contribution in [0.4, 0.5) is 11.4 Å². The molecule has 2 aromatic rings. The van der Waals surface area contributed by atoms with Crippen LogP contribution in [0, 0.1) is 0 Å². The lowest BCUT2D eigenvalue weighted by Crippen LogP contribution is -2.33. The van der Waals surface area contributed by atoms with Crippen molar-refractivity contribution in [1.29, 1.82) is 0 Å². The van der Waals surface area contributed by atoms with Gasteiger partial charge in [-0.1, -0.05) is 18.9 Å². The molecular formula is C20H22N4O3. The Balaban J connectivity index is 1.64. The second-order valence-corrected chi connectivity index (χ2v) is 6.58. The quantitative estimate of drug-likeness (QED) is 0.757. The highest BCUT2D eigenvalue weighted by molar-refractivity contribution is 6.04. The molecule has 1 heterocycles. The molecule has 1 fully saturated rings. The van der Waals surface area contributed by atoms with E-state index in [4.69, 9.17) is 0 Å². The van der Waals surface area contributed by atoms with Gasteiger partial charge < -0.3 is 16.0 Å². The molecule has 7 heteroatoms. The van der Waals surface area contributed by atoms with Crippen LogP contribution in [-0.4, -0.2) is 28.7 Å². The maximum absolute atomic E-state index is 12.4. The first-order valence-corrected chi connectivity index (χ1v) is 8.98. The minimum Gasteiger partial charge on any atom is -0.348 e. The lowest BCUT2D eigenvalue weighted by molar-refractivity contribution is -0.114. The van der Waals surface area contributed by atoms with E-state index < -0.39 is 5.91 Å². The van der Waals surface area contributed by atoms with Crippen molar-refractivity contribution in [2.45, 2.75) is 38.6 Å². The standard InChI is InChI=1S/C20H22N4O3/c1-13(25)21-15-9-11-16(12-10-15)23-20(27)18-8-4-7-17(24-18)19(26)22-14-5-2-3-6-14/h4,7-12,14H,2-3,5-6H2,1H3,(H,21,25)(H,22,26)(H,23,27). The first-order valence-electron chi connectivity index (χ1n) is 8.98. The Labute approximate surface area is 157 Å². The first-order chi connectivity index (χ1) is 13.0.